The number of benzene rings is 2. The van der Waals surface area contributed by atoms with E-state index in [-0.39, 0.29) is 17.9 Å². The lowest BCUT2D eigenvalue weighted by atomic mass is 10.1. The van der Waals surface area contributed by atoms with Crippen molar-refractivity contribution in [2.24, 2.45) is 0 Å². The molecule has 0 aromatic heterocycles. The van der Waals surface area contributed by atoms with Crippen LogP contribution in [-0.4, -0.2) is 42.5 Å². The first kappa shape index (κ1) is 26.2. The van der Waals surface area contributed by atoms with E-state index in [1.165, 1.54) is 0 Å². The average molecular weight is 455 g/mol. The first-order valence-electron chi connectivity index (χ1n) is 11.8. The van der Waals surface area contributed by atoms with Crippen molar-refractivity contribution < 1.29 is 19.1 Å². The number of aryl methyl sites for hydroxylation is 1. The normalized spacial score (nSPS) is 12.5. The van der Waals surface area contributed by atoms with E-state index >= 15 is 0 Å². The van der Waals surface area contributed by atoms with E-state index in [0.717, 1.165) is 29.0 Å². The summed E-state index contributed by atoms with van der Waals surface area (Å²) in [7, 11) is 1.62. The number of hydrogen-bond acceptors (Lipinski definition) is 4. The Morgan fingerprint density at radius 1 is 1.03 bits per heavy atom. The molecule has 180 valence electrons. The van der Waals surface area contributed by atoms with E-state index < -0.39 is 6.04 Å². The zero-order valence-electron chi connectivity index (χ0n) is 20.6. The van der Waals surface area contributed by atoms with Crippen LogP contribution in [0.3, 0.4) is 0 Å². The van der Waals surface area contributed by atoms with Gasteiger partial charge in [0.25, 0.3) is 0 Å². The molecule has 0 spiro atoms. The fourth-order valence-corrected chi connectivity index (χ4v) is 3.60. The molecule has 0 heterocycles. The van der Waals surface area contributed by atoms with Gasteiger partial charge in [-0.2, -0.15) is 0 Å². The van der Waals surface area contributed by atoms with Crippen molar-refractivity contribution in [3.05, 3.63) is 59.7 Å². The van der Waals surface area contributed by atoms with Crippen LogP contribution >= 0.6 is 0 Å². The topological polar surface area (TPSA) is 67.9 Å². The number of amides is 2. The number of nitrogens with zero attached hydrogens (tertiary/aromatic N) is 1. The van der Waals surface area contributed by atoms with E-state index in [0.29, 0.717) is 32.4 Å². The fraction of sp³-hybridized carbons (Fsp3) is 0.481. The van der Waals surface area contributed by atoms with Gasteiger partial charge < -0.3 is 19.7 Å². The lowest BCUT2D eigenvalue weighted by Gasteiger charge is -2.31. The van der Waals surface area contributed by atoms with Crippen molar-refractivity contribution in [1.29, 1.82) is 0 Å². The summed E-state index contributed by atoms with van der Waals surface area (Å²) in [6.07, 6.45) is 2.28. The number of rotatable bonds is 13. The molecule has 0 aliphatic heterocycles. The molecule has 0 fully saturated rings. The molecule has 0 aliphatic rings. The second-order valence-electron chi connectivity index (χ2n) is 8.38. The van der Waals surface area contributed by atoms with Crippen LogP contribution in [0.15, 0.2) is 48.5 Å². The third-order valence-corrected chi connectivity index (χ3v) is 5.69. The minimum absolute atomic E-state index is 0.0408. The summed E-state index contributed by atoms with van der Waals surface area (Å²) < 4.78 is 10.9. The van der Waals surface area contributed by atoms with E-state index in [1.54, 1.807) is 12.0 Å². The third-order valence-electron chi connectivity index (χ3n) is 5.69. The maximum absolute atomic E-state index is 13.3. The molecule has 2 aromatic rings. The van der Waals surface area contributed by atoms with Crippen molar-refractivity contribution in [2.75, 3.05) is 13.7 Å². The molecule has 2 rings (SSSR count). The van der Waals surface area contributed by atoms with Crippen molar-refractivity contribution in [3.8, 4) is 11.5 Å². The molecule has 0 unspecified atom stereocenters. The second-order valence-corrected chi connectivity index (χ2v) is 8.38. The summed E-state index contributed by atoms with van der Waals surface area (Å²) in [5.41, 5.74) is 2.15. The van der Waals surface area contributed by atoms with Crippen molar-refractivity contribution >= 4 is 11.8 Å². The summed E-state index contributed by atoms with van der Waals surface area (Å²) in [5.74, 6) is 1.37. The third kappa shape index (κ3) is 8.44. The quantitative estimate of drug-likeness (QED) is 0.438. The number of ether oxygens (including phenoxy) is 2. The van der Waals surface area contributed by atoms with Gasteiger partial charge >= 0.3 is 0 Å². The molecule has 2 atom stereocenters. The highest BCUT2D eigenvalue weighted by Gasteiger charge is 2.28. The molecular formula is C27H38N2O4. The van der Waals surface area contributed by atoms with E-state index in [4.69, 9.17) is 9.47 Å². The Kier molecular flexibility index (Phi) is 10.7. The van der Waals surface area contributed by atoms with Crippen LogP contribution in [-0.2, 0) is 16.1 Å². The van der Waals surface area contributed by atoms with Crippen LogP contribution in [0, 0.1) is 6.92 Å². The molecule has 2 amide bonds. The number of carbonyl (C=O) groups excluding carboxylic acids is 2. The predicted molar refractivity (Wildman–Crippen MR) is 131 cm³/mol. The maximum Gasteiger partial charge on any atom is 0.243 e. The maximum atomic E-state index is 13.3. The Bertz CT molecular complexity index is 882. The van der Waals surface area contributed by atoms with E-state index in [9.17, 15) is 9.59 Å². The largest absolute Gasteiger partial charge is 0.497 e. The molecular weight excluding hydrogens is 416 g/mol. The first-order chi connectivity index (χ1) is 15.9. The van der Waals surface area contributed by atoms with Gasteiger partial charge in [-0.15, -0.1) is 0 Å². The standard InChI is InChI=1S/C27H38N2O4/c1-6-21(4)28-27(31)25(7-2)29(19-22-11-8-10-20(3)18-22)26(30)12-9-17-33-24-15-13-23(32-5)14-16-24/h8,10-11,13-16,18,21,25H,6-7,9,12,17,19H2,1-5H3,(H,28,31)/t21-,25-/m1/s1. The molecule has 0 saturated carbocycles. The molecule has 6 heteroatoms. The lowest BCUT2D eigenvalue weighted by molar-refractivity contribution is -0.141. The van der Waals surface area contributed by atoms with Gasteiger partial charge in [0.1, 0.15) is 17.5 Å². The van der Waals surface area contributed by atoms with Crippen LogP contribution in [0.25, 0.3) is 0 Å². The van der Waals surface area contributed by atoms with Gasteiger partial charge in [-0.05, 0) is 62.9 Å². The highest BCUT2D eigenvalue weighted by atomic mass is 16.5. The molecule has 33 heavy (non-hydrogen) atoms. The van der Waals surface area contributed by atoms with Crippen LogP contribution in [0.1, 0.15) is 57.6 Å². The molecule has 0 radical (unpaired) electrons. The summed E-state index contributed by atoms with van der Waals surface area (Å²) in [6, 6.07) is 15.0. The number of methoxy groups -OCH3 is 1. The molecule has 6 nitrogen and oxygen atoms in total. The van der Waals surface area contributed by atoms with Crippen LogP contribution in [0.5, 0.6) is 11.5 Å². The number of nitrogens with one attached hydrogen (secondary N) is 1. The minimum Gasteiger partial charge on any atom is -0.497 e. The summed E-state index contributed by atoms with van der Waals surface area (Å²) in [5, 5.41) is 3.04. The summed E-state index contributed by atoms with van der Waals surface area (Å²) in [4.78, 5) is 28.0. The first-order valence-corrected chi connectivity index (χ1v) is 11.8. The van der Waals surface area contributed by atoms with Gasteiger partial charge in [-0.3, -0.25) is 9.59 Å². The zero-order chi connectivity index (χ0) is 24.2. The van der Waals surface area contributed by atoms with Gasteiger partial charge in [-0.25, -0.2) is 0 Å². The smallest absolute Gasteiger partial charge is 0.243 e. The minimum atomic E-state index is -0.505. The van der Waals surface area contributed by atoms with Gasteiger partial charge in [0.15, 0.2) is 0 Å². The molecule has 0 saturated heterocycles. The average Bonchev–Trinajstić information content (AvgIpc) is 2.81. The van der Waals surface area contributed by atoms with Gasteiger partial charge in [0.05, 0.1) is 13.7 Å². The highest BCUT2D eigenvalue weighted by molar-refractivity contribution is 5.87. The summed E-state index contributed by atoms with van der Waals surface area (Å²) in [6.45, 7) is 8.82. The van der Waals surface area contributed by atoms with Gasteiger partial charge in [0, 0.05) is 19.0 Å². The Hall–Kier alpha value is -3.02. The number of hydrogen-bond donors (Lipinski definition) is 1. The fourth-order valence-electron chi connectivity index (χ4n) is 3.60. The second kappa shape index (κ2) is 13.5. The molecule has 2 aromatic carbocycles. The van der Waals surface area contributed by atoms with Crippen LogP contribution < -0.4 is 14.8 Å². The Morgan fingerprint density at radius 2 is 1.73 bits per heavy atom. The van der Waals surface area contributed by atoms with E-state index in [2.05, 4.69) is 11.4 Å². The number of carbonyl (C=O) groups is 2. The highest BCUT2D eigenvalue weighted by Crippen LogP contribution is 2.18. The van der Waals surface area contributed by atoms with Crippen molar-refractivity contribution in [1.82, 2.24) is 10.2 Å². The van der Waals surface area contributed by atoms with Gasteiger partial charge in [0.2, 0.25) is 11.8 Å². The molecule has 0 aliphatic carbocycles. The SMILES string of the molecule is CC[C@@H](C)NC(=O)[C@@H](CC)N(Cc1cccc(C)c1)C(=O)CCCOc1ccc(OC)cc1. The van der Waals surface area contributed by atoms with Crippen molar-refractivity contribution in [2.45, 2.75) is 72.0 Å². The molecule has 1 N–H and O–H groups in total. The Balaban J connectivity index is 2.05. The lowest BCUT2D eigenvalue weighted by Crippen LogP contribution is -2.50. The Morgan fingerprint density at radius 3 is 2.33 bits per heavy atom. The predicted octanol–water partition coefficient (Wildman–Crippen LogP) is 4.88. The zero-order valence-corrected chi connectivity index (χ0v) is 20.6. The van der Waals surface area contributed by atoms with Crippen LogP contribution in [0.4, 0.5) is 0 Å². The van der Waals surface area contributed by atoms with Crippen molar-refractivity contribution in [3.63, 3.8) is 0 Å². The summed E-state index contributed by atoms with van der Waals surface area (Å²) >= 11 is 0. The monoisotopic (exact) mass is 454 g/mol. The molecule has 0 bridgehead atoms. The van der Waals surface area contributed by atoms with E-state index in [1.807, 2.05) is 70.2 Å². The van der Waals surface area contributed by atoms with Gasteiger partial charge in [-0.1, -0.05) is 43.7 Å². The Labute approximate surface area is 198 Å². The van der Waals surface area contributed by atoms with Crippen LogP contribution in [0.2, 0.25) is 0 Å².